The summed E-state index contributed by atoms with van der Waals surface area (Å²) in [6, 6.07) is 14.1. The molecule has 0 fully saturated rings. The smallest absolute Gasteiger partial charge is 0.255 e. The van der Waals surface area contributed by atoms with E-state index in [0.29, 0.717) is 29.4 Å². The van der Waals surface area contributed by atoms with Crippen LogP contribution in [-0.4, -0.2) is 44.0 Å². The van der Waals surface area contributed by atoms with Crippen LogP contribution < -0.4 is 10.1 Å². The summed E-state index contributed by atoms with van der Waals surface area (Å²) in [6.07, 6.45) is 0. The molecule has 6 nitrogen and oxygen atoms in total. The Bertz CT molecular complexity index is 881. The first kappa shape index (κ1) is 22.2. The summed E-state index contributed by atoms with van der Waals surface area (Å²) < 4.78 is 31.6. The summed E-state index contributed by atoms with van der Waals surface area (Å²) in [5, 5.41) is 3.30. The Morgan fingerprint density at radius 2 is 1.71 bits per heavy atom. The monoisotopic (exact) mass is 424 g/mol. The van der Waals surface area contributed by atoms with Gasteiger partial charge in [0.25, 0.3) is 5.91 Å². The Labute approximate surface area is 171 Å². The van der Waals surface area contributed by atoms with Gasteiger partial charge in [-0.05, 0) is 29.8 Å². The largest absolute Gasteiger partial charge is 0.488 e. The number of carbonyl (C=O) groups is 1. The molecule has 0 spiro atoms. The Morgan fingerprint density at radius 1 is 1.07 bits per heavy atom. The van der Waals surface area contributed by atoms with Gasteiger partial charge < -0.3 is 10.1 Å². The Morgan fingerprint density at radius 3 is 2.36 bits per heavy atom. The third-order valence-electron chi connectivity index (χ3n) is 4.18. The second-order valence-corrected chi connectivity index (χ2v) is 8.59. The molecule has 2 rings (SSSR count). The molecule has 1 amide bonds. The van der Waals surface area contributed by atoms with E-state index in [1.165, 1.54) is 4.31 Å². The quantitative estimate of drug-likeness (QED) is 0.634. The first-order valence-corrected chi connectivity index (χ1v) is 11.1. The minimum absolute atomic E-state index is 0.0309. The molecule has 1 N–H and O–H groups in total. The second-order valence-electron chi connectivity index (χ2n) is 6.07. The molecule has 8 heteroatoms. The predicted molar refractivity (Wildman–Crippen MR) is 111 cm³/mol. The number of halogens is 1. The Balaban J connectivity index is 1.97. The zero-order chi connectivity index (χ0) is 20.6. The van der Waals surface area contributed by atoms with Crippen LogP contribution in [0.2, 0.25) is 5.02 Å². The van der Waals surface area contributed by atoms with E-state index < -0.39 is 10.0 Å². The maximum Gasteiger partial charge on any atom is 0.255 e. The number of ether oxygens (including phenoxy) is 1. The summed E-state index contributed by atoms with van der Waals surface area (Å²) in [5.41, 5.74) is 1.28. The molecule has 2 aromatic rings. The van der Waals surface area contributed by atoms with Gasteiger partial charge in [-0.25, -0.2) is 12.7 Å². The summed E-state index contributed by atoms with van der Waals surface area (Å²) in [4.78, 5) is 12.5. The Kier molecular flexibility index (Phi) is 8.29. The van der Waals surface area contributed by atoms with Gasteiger partial charge in [-0.15, -0.1) is 0 Å². The maximum atomic E-state index is 12.5. The average molecular weight is 425 g/mol. The van der Waals surface area contributed by atoms with E-state index >= 15 is 0 Å². The molecular formula is C20H25ClN2O4S. The number of nitrogens with zero attached hydrogens (tertiary/aromatic N) is 1. The van der Waals surface area contributed by atoms with Gasteiger partial charge in [-0.1, -0.05) is 49.7 Å². The number of benzene rings is 2. The standard InChI is InChI=1S/C20H25ClN2O4S/c1-3-23(4-2)28(25,26)14-13-22-20(24)18-7-5-6-8-19(18)27-15-16-9-11-17(21)12-10-16/h5-12H,3-4,13-15H2,1-2H3,(H,22,24). The van der Waals surface area contributed by atoms with Gasteiger partial charge in [0.05, 0.1) is 11.3 Å². The lowest BCUT2D eigenvalue weighted by Gasteiger charge is -2.18. The number of sulfonamides is 1. The molecule has 0 saturated heterocycles. The number of nitrogens with one attached hydrogen (secondary N) is 1. The van der Waals surface area contributed by atoms with Gasteiger partial charge >= 0.3 is 0 Å². The van der Waals surface area contributed by atoms with Crippen LogP contribution in [0.3, 0.4) is 0 Å². The van der Waals surface area contributed by atoms with Crippen LogP contribution in [0.4, 0.5) is 0 Å². The lowest BCUT2D eigenvalue weighted by atomic mass is 10.2. The van der Waals surface area contributed by atoms with Crippen molar-refractivity contribution in [1.82, 2.24) is 9.62 Å². The van der Waals surface area contributed by atoms with Crippen LogP contribution in [0.1, 0.15) is 29.8 Å². The van der Waals surface area contributed by atoms with E-state index in [1.807, 2.05) is 12.1 Å². The van der Waals surface area contributed by atoms with Crippen LogP contribution in [0.25, 0.3) is 0 Å². The molecular weight excluding hydrogens is 400 g/mol. The fourth-order valence-corrected chi connectivity index (χ4v) is 4.19. The highest BCUT2D eigenvalue weighted by Gasteiger charge is 2.19. The highest BCUT2D eigenvalue weighted by atomic mass is 35.5. The van der Waals surface area contributed by atoms with Crippen molar-refractivity contribution in [1.29, 1.82) is 0 Å². The van der Waals surface area contributed by atoms with Crippen molar-refractivity contribution in [3.05, 3.63) is 64.7 Å². The van der Waals surface area contributed by atoms with Crippen LogP contribution in [-0.2, 0) is 16.6 Å². The van der Waals surface area contributed by atoms with Gasteiger partial charge in [0.2, 0.25) is 10.0 Å². The third kappa shape index (κ3) is 6.22. The molecule has 0 radical (unpaired) electrons. The molecule has 28 heavy (non-hydrogen) atoms. The van der Waals surface area contributed by atoms with Crippen LogP contribution >= 0.6 is 11.6 Å². The number of para-hydroxylation sites is 1. The van der Waals surface area contributed by atoms with Gasteiger partial charge in [-0.3, -0.25) is 4.79 Å². The fraction of sp³-hybridized carbons (Fsp3) is 0.350. The number of carbonyl (C=O) groups excluding carboxylic acids is 1. The highest BCUT2D eigenvalue weighted by molar-refractivity contribution is 7.89. The molecule has 152 valence electrons. The van der Waals surface area contributed by atoms with Gasteiger partial charge in [0, 0.05) is 24.7 Å². The van der Waals surface area contributed by atoms with Gasteiger partial charge in [0.15, 0.2) is 0 Å². The van der Waals surface area contributed by atoms with E-state index in [9.17, 15) is 13.2 Å². The fourth-order valence-electron chi connectivity index (χ4n) is 2.66. The van der Waals surface area contributed by atoms with Crippen LogP contribution in [0.15, 0.2) is 48.5 Å². The molecule has 0 aliphatic rings. The Hall–Kier alpha value is -2.09. The van der Waals surface area contributed by atoms with E-state index in [1.54, 1.807) is 50.2 Å². The molecule has 0 unspecified atom stereocenters. The minimum atomic E-state index is -3.38. The summed E-state index contributed by atoms with van der Waals surface area (Å²) in [5.74, 6) is -0.0863. The zero-order valence-electron chi connectivity index (χ0n) is 16.0. The summed E-state index contributed by atoms with van der Waals surface area (Å²) in [6.45, 7) is 4.71. The first-order valence-electron chi connectivity index (χ1n) is 9.09. The topological polar surface area (TPSA) is 75.7 Å². The van der Waals surface area contributed by atoms with Crippen LogP contribution in [0, 0.1) is 0 Å². The molecule has 0 saturated carbocycles. The van der Waals surface area contributed by atoms with Gasteiger partial charge in [-0.2, -0.15) is 0 Å². The molecule has 0 aromatic heterocycles. The number of rotatable bonds is 10. The molecule has 0 atom stereocenters. The minimum Gasteiger partial charge on any atom is -0.488 e. The van der Waals surface area contributed by atoms with E-state index in [0.717, 1.165) is 5.56 Å². The van der Waals surface area contributed by atoms with Crippen molar-refractivity contribution >= 4 is 27.5 Å². The normalized spacial score (nSPS) is 11.4. The van der Waals surface area contributed by atoms with Crippen LogP contribution in [0.5, 0.6) is 5.75 Å². The lowest BCUT2D eigenvalue weighted by Crippen LogP contribution is -2.37. The molecule has 0 bridgehead atoms. The summed E-state index contributed by atoms with van der Waals surface area (Å²) in [7, 11) is -3.38. The van der Waals surface area contributed by atoms with Crippen molar-refractivity contribution in [2.24, 2.45) is 0 Å². The number of amides is 1. The molecule has 0 aliphatic carbocycles. The highest BCUT2D eigenvalue weighted by Crippen LogP contribution is 2.20. The maximum absolute atomic E-state index is 12.5. The van der Waals surface area contributed by atoms with Crippen molar-refractivity contribution in [2.75, 3.05) is 25.4 Å². The third-order valence-corrected chi connectivity index (χ3v) is 6.46. The predicted octanol–water partition coefficient (Wildman–Crippen LogP) is 3.32. The van der Waals surface area contributed by atoms with Crippen molar-refractivity contribution < 1.29 is 17.9 Å². The van der Waals surface area contributed by atoms with E-state index in [4.69, 9.17) is 16.3 Å². The van der Waals surface area contributed by atoms with Crippen molar-refractivity contribution in [2.45, 2.75) is 20.5 Å². The molecule has 0 heterocycles. The van der Waals surface area contributed by atoms with Crippen molar-refractivity contribution in [3.8, 4) is 5.75 Å². The first-order chi connectivity index (χ1) is 13.4. The lowest BCUT2D eigenvalue weighted by molar-refractivity contribution is 0.0951. The van der Waals surface area contributed by atoms with Crippen molar-refractivity contribution in [3.63, 3.8) is 0 Å². The van der Waals surface area contributed by atoms with E-state index in [2.05, 4.69) is 5.32 Å². The number of hydrogen-bond acceptors (Lipinski definition) is 4. The number of hydrogen-bond donors (Lipinski definition) is 1. The van der Waals surface area contributed by atoms with E-state index in [-0.39, 0.29) is 24.8 Å². The zero-order valence-corrected chi connectivity index (χ0v) is 17.6. The SMILES string of the molecule is CCN(CC)S(=O)(=O)CCNC(=O)c1ccccc1OCc1ccc(Cl)cc1. The summed E-state index contributed by atoms with van der Waals surface area (Å²) >= 11 is 5.87. The van der Waals surface area contributed by atoms with Gasteiger partial charge in [0.1, 0.15) is 12.4 Å². The molecule has 2 aromatic carbocycles. The molecule has 0 aliphatic heterocycles. The second kappa shape index (κ2) is 10.5. The average Bonchev–Trinajstić information content (AvgIpc) is 2.68.